The molecule has 0 heterocycles. The van der Waals surface area contributed by atoms with Gasteiger partial charge in [-0.1, -0.05) is 110 Å². The molecule has 0 aliphatic carbocycles. The van der Waals surface area contributed by atoms with E-state index in [0.717, 1.165) is 51.4 Å². The molecule has 1 rings (SSSR count). The van der Waals surface area contributed by atoms with Gasteiger partial charge in [0.25, 0.3) is 0 Å². The Balaban J connectivity index is 3.14. The van der Waals surface area contributed by atoms with Crippen molar-refractivity contribution in [1.29, 1.82) is 0 Å². The highest BCUT2D eigenvalue weighted by Crippen LogP contribution is 2.32. The van der Waals surface area contributed by atoms with Crippen LogP contribution in [0.1, 0.15) is 110 Å². The topological polar surface area (TPSA) is 18.5 Å². The number of rotatable bonds is 18. The Kier molecular flexibility index (Phi) is 11.0. The maximum absolute atomic E-state index is 8.68. The highest BCUT2D eigenvalue weighted by molar-refractivity contribution is 9.08. The lowest BCUT2D eigenvalue weighted by molar-refractivity contribution is 0.293. The van der Waals surface area contributed by atoms with Gasteiger partial charge in [-0.3, -0.25) is 0 Å². The monoisotopic (exact) mass is 524 g/mol. The maximum Gasteiger partial charge on any atom is 0.123 e. The Morgan fingerprint density at radius 3 is 1.39 bits per heavy atom. The third kappa shape index (κ3) is 11.1. The summed E-state index contributed by atoms with van der Waals surface area (Å²) < 4.78 is 61.9. The molecule has 0 N–H and O–H groups in total. The van der Waals surface area contributed by atoms with Crippen LogP contribution in [0.5, 0.6) is 11.5 Å². The van der Waals surface area contributed by atoms with E-state index in [1.165, 1.54) is 25.7 Å². The van der Waals surface area contributed by atoms with Gasteiger partial charge in [0.2, 0.25) is 0 Å². The molecule has 0 saturated heterocycles. The van der Waals surface area contributed by atoms with Gasteiger partial charge < -0.3 is 9.47 Å². The summed E-state index contributed by atoms with van der Waals surface area (Å²) in [7, 11) is 0. The molecule has 0 bridgehead atoms. The van der Waals surface area contributed by atoms with Crippen molar-refractivity contribution in [2.75, 3.05) is 13.2 Å². The van der Waals surface area contributed by atoms with Crippen LogP contribution in [0.2, 0.25) is 0 Å². The van der Waals surface area contributed by atoms with Gasteiger partial charge in [-0.15, -0.1) is 0 Å². The summed E-state index contributed by atoms with van der Waals surface area (Å²) in [6.45, 7) is 4.87. The molecule has 0 aliphatic rings. The van der Waals surface area contributed by atoms with E-state index in [9.17, 15) is 0 Å². The predicted molar refractivity (Wildman–Crippen MR) is 129 cm³/mol. The van der Waals surface area contributed by atoms with Crippen LogP contribution >= 0.6 is 31.9 Å². The molecule has 28 heavy (non-hydrogen) atoms. The average Bonchev–Trinajstić information content (AvgIpc) is 2.73. The first-order valence-corrected chi connectivity index (χ1v) is 12.4. The minimum Gasteiger partial charge on any atom is -0.493 e. The second-order valence-corrected chi connectivity index (χ2v) is 7.87. The summed E-state index contributed by atoms with van der Waals surface area (Å²) in [5.74, 6) is -0.212. The number of halogens is 2. The molecule has 2 nitrogen and oxygen atoms in total. The third-order valence-corrected chi connectivity index (χ3v) is 5.40. The average molecular weight is 526 g/mol. The summed E-state index contributed by atoms with van der Waals surface area (Å²) >= 11 is 5.98. The van der Waals surface area contributed by atoms with Crippen molar-refractivity contribution in [2.24, 2.45) is 0 Å². The number of hydrogen-bond donors (Lipinski definition) is 0. The van der Waals surface area contributed by atoms with Crippen LogP contribution in [0.3, 0.4) is 0 Å². The zero-order chi connectivity index (χ0) is 25.8. The first-order valence-electron chi connectivity index (χ1n) is 13.8. The highest BCUT2D eigenvalue weighted by Gasteiger charge is 2.11. The number of benzene rings is 1. The van der Waals surface area contributed by atoms with Gasteiger partial charge in [0.1, 0.15) is 11.5 Å². The van der Waals surface area contributed by atoms with Gasteiger partial charge in [-0.2, -0.15) is 0 Å². The van der Waals surface area contributed by atoms with Crippen molar-refractivity contribution in [1.82, 2.24) is 0 Å². The molecule has 4 heteroatoms. The van der Waals surface area contributed by atoms with E-state index in [-0.39, 0.29) is 47.9 Å². The third-order valence-electron chi connectivity index (χ3n) is 4.61. The molecular formula is C24H40Br2O2. The number of ether oxygens (including phenoxy) is 2. The summed E-state index contributed by atoms with van der Waals surface area (Å²) in [6, 6.07) is -0.583. The highest BCUT2D eigenvalue weighted by atomic mass is 79.9. The standard InChI is InChI=1S/C24H40Br2O2/c1-3-5-7-9-11-13-15-27-23-17-22(20-26)24(18-21(23)19-25)28-16-14-12-10-8-6-4-2/h17-18H,3-16,19-20H2,1-2H3/i17D,18D,19D2,20D2. The number of unbranched alkanes of at least 4 members (excludes halogenated alkanes) is 10. The molecule has 0 saturated carbocycles. The lowest BCUT2D eigenvalue weighted by atomic mass is 10.1. The molecule has 0 unspecified atom stereocenters. The van der Waals surface area contributed by atoms with E-state index in [4.69, 9.17) is 17.7 Å². The molecule has 1 aromatic carbocycles. The first kappa shape index (κ1) is 17.5. The lowest BCUT2D eigenvalue weighted by Crippen LogP contribution is -2.04. The summed E-state index contributed by atoms with van der Waals surface area (Å²) in [5.41, 5.74) is -0.274. The quantitative estimate of drug-likeness (QED) is 0.140. The van der Waals surface area contributed by atoms with Crippen LogP contribution in [0.15, 0.2) is 12.1 Å². The maximum atomic E-state index is 8.68. The van der Waals surface area contributed by atoms with Crippen LogP contribution in [-0.2, 0) is 10.6 Å². The Bertz CT molecular complexity index is 674. The summed E-state index contributed by atoms with van der Waals surface area (Å²) in [4.78, 5) is 0. The van der Waals surface area contributed by atoms with Gasteiger partial charge in [0.05, 0.1) is 16.0 Å². The second kappa shape index (κ2) is 17.6. The normalized spacial score (nSPS) is 15.1. The smallest absolute Gasteiger partial charge is 0.123 e. The van der Waals surface area contributed by atoms with Crippen molar-refractivity contribution >= 4 is 31.9 Å². The van der Waals surface area contributed by atoms with Crippen molar-refractivity contribution in [3.63, 3.8) is 0 Å². The minimum atomic E-state index is -2.13. The molecule has 1 aromatic rings. The first-order chi connectivity index (χ1) is 16.0. The SMILES string of the molecule is [2H]c1c(OCCCCCCCC)c(C([2H])([2H])Br)c([2H])c(OCCCCCCCC)c1C([2H])([2H])Br. The Hall–Kier alpha value is -0.220. The minimum absolute atomic E-state index is 0.106. The zero-order valence-electron chi connectivity index (χ0n) is 23.5. The Morgan fingerprint density at radius 2 is 1.04 bits per heavy atom. The number of hydrogen-bond acceptors (Lipinski definition) is 2. The fraction of sp³-hybridized carbons (Fsp3) is 0.750. The van der Waals surface area contributed by atoms with E-state index in [1.54, 1.807) is 0 Å². The molecule has 0 aromatic heterocycles. The second-order valence-electron chi connectivity index (χ2n) is 7.08. The van der Waals surface area contributed by atoms with E-state index in [2.05, 4.69) is 45.7 Å². The fourth-order valence-electron chi connectivity index (χ4n) is 2.93. The van der Waals surface area contributed by atoms with Crippen molar-refractivity contribution in [2.45, 2.75) is 101 Å². The lowest BCUT2D eigenvalue weighted by Gasteiger charge is -2.16. The van der Waals surface area contributed by atoms with Crippen molar-refractivity contribution in [3.05, 3.63) is 23.2 Å². The van der Waals surface area contributed by atoms with Crippen LogP contribution in [0.4, 0.5) is 0 Å². The van der Waals surface area contributed by atoms with Gasteiger partial charge in [0.15, 0.2) is 0 Å². The zero-order valence-corrected chi connectivity index (χ0v) is 20.6. The van der Waals surface area contributed by atoms with Gasteiger partial charge in [0, 0.05) is 27.2 Å². The predicted octanol–water partition coefficient (Wildman–Crippen LogP) is 8.96. The molecule has 162 valence electrons. The molecule has 0 aliphatic heterocycles. The summed E-state index contributed by atoms with van der Waals surface area (Å²) in [5, 5.41) is -4.27. The molecular weight excluding hydrogens is 480 g/mol. The van der Waals surface area contributed by atoms with Crippen molar-refractivity contribution < 1.29 is 17.7 Å². The summed E-state index contributed by atoms with van der Waals surface area (Å²) in [6.07, 6.45) is 12.6. The van der Waals surface area contributed by atoms with Crippen LogP contribution < -0.4 is 9.47 Å². The van der Waals surface area contributed by atoms with Crippen LogP contribution in [0.25, 0.3) is 0 Å². The number of alkyl halides is 2. The largest absolute Gasteiger partial charge is 0.493 e. The molecule has 0 atom stereocenters. The van der Waals surface area contributed by atoms with E-state index >= 15 is 0 Å². The molecule has 0 amide bonds. The van der Waals surface area contributed by atoms with Gasteiger partial charge in [-0.25, -0.2) is 0 Å². The Morgan fingerprint density at radius 1 is 0.679 bits per heavy atom. The van der Waals surface area contributed by atoms with E-state index < -0.39 is 10.6 Å². The molecule has 0 spiro atoms. The van der Waals surface area contributed by atoms with E-state index in [0.29, 0.717) is 0 Å². The van der Waals surface area contributed by atoms with Gasteiger partial charge in [-0.05, 0) is 24.9 Å². The van der Waals surface area contributed by atoms with Crippen LogP contribution in [-0.4, -0.2) is 13.2 Å². The fourth-order valence-corrected chi connectivity index (χ4v) is 3.49. The molecule has 0 radical (unpaired) electrons. The Labute approximate surface area is 198 Å². The van der Waals surface area contributed by atoms with E-state index in [1.807, 2.05) is 0 Å². The van der Waals surface area contributed by atoms with Crippen LogP contribution in [0, 0.1) is 0 Å². The molecule has 0 fully saturated rings. The van der Waals surface area contributed by atoms with Gasteiger partial charge >= 0.3 is 0 Å². The van der Waals surface area contributed by atoms with Crippen molar-refractivity contribution in [3.8, 4) is 11.5 Å².